The summed E-state index contributed by atoms with van der Waals surface area (Å²) in [6, 6.07) is 22.9. The highest BCUT2D eigenvalue weighted by Gasteiger charge is 2.30. The third kappa shape index (κ3) is 4.42. The summed E-state index contributed by atoms with van der Waals surface area (Å²) in [5.41, 5.74) is 4.29. The summed E-state index contributed by atoms with van der Waals surface area (Å²) >= 11 is 0. The molecule has 6 rings (SSSR count). The molecule has 2 aromatic heterocycles. The second kappa shape index (κ2) is 9.46. The molecule has 184 valence electrons. The maximum absolute atomic E-state index is 14.0. The lowest BCUT2D eigenvalue weighted by atomic mass is 10.1. The van der Waals surface area contributed by atoms with Gasteiger partial charge in [-0.1, -0.05) is 42.5 Å². The average Bonchev–Trinajstić information content (AvgIpc) is 3.53. The van der Waals surface area contributed by atoms with E-state index in [1.807, 2.05) is 36.4 Å². The molecule has 0 aliphatic heterocycles. The van der Waals surface area contributed by atoms with Crippen molar-refractivity contribution in [3.05, 3.63) is 123 Å². The predicted octanol–water partition coefficient (Wildman–Crippen LogP) is 4.58. The van der Waals surface area contributed by atoms with Crippen molar-refractivity contribution in [2.45, 2.75) is 32.4 Å². The number of fused-ring (bicyclic) bond motifs is 2. The molecule has 7 nitrogen and oxygen atoms in total. The Morgan fingerprint density at radius 2 is 1.70 bits per heavy atom. The van der Waals surface area contributed by atoms with Gasteiger partial charge in [-0.3, -0.25) is 9.59 Å². The zero-order valence-electron chi connectivity index (χ0n) is 20.0. The molecule has 8 heteroatoms. The molecule has 0 fully saturated rings. The van der Waals surface area contributed by atoms with Crippen molar-refractivity contribution in [3.8, 4) is 5.69 Å². The largest absolute Gasteiger partial charge is 0.325 e. The average molecular weight is 494 g/mol. The number of aromatic nitrogens is 4. The molecule has 0 saturated heterocycles. The Balaban J connectivity index is 1.40. The topological polar surface area (TPSA) is 83.9 Å². The Kier molecular flexibility index (Phi) is 5.84. The summed E-state index contributed by atoms with van der Waals surface area (Å²) in [5, 5.41) is 5.22. The van der Waals surface area contributed by atoms with Gasteiger partial charge in [0.2, 0.25) is 0 Å². The van der Waals surface area contributed by atoms with Crippen molar-refractivity contribution in [2.24, 2.45) is 0 Å². The number of carbonyl (C=O) groups excluding carboxylic acids is 1. The van der Waals surface area contributed by atoms with Gasteiger partial charge >= 0.3 is 0 Å². The number of H-pyrrole nitrogens is 1. The van der Waals surface area contributed by atoms with E-state index in [0.717, 1.165) is 36.1 Å². The van der Waals surface area contributed by atoms with E-state index in [9.17, 15) is 14.0 Å². The molecule has 1 aliphatic rings. The molecule has 1 amide bonds. The molecule has 0 unspecified atom stereocenters. The van der Waals surface area contributed by atoms with Crippen LogP contribution in [0.1, 0.15) is 39.6 Å². The Morgan fingerprint density at radius 3 is 2.51 bits per heavy atom. The minimum absolute atomic E-state index is 0.117. The quantitative estimate of drug-likeness (QED) is 0.375. The van der Waals surface area contributed by atoms with Gasteiger partial charge in [0.05, 0.1) is 23.1 Å². The van der Waals surface area contributed by atoms with Gasteiger partial charge in [0, 0.05) is 17.8 Å². The summed E-state index contributed by atoms with van der Waals surface area (Å²) in [6.07, 6.45) is 2.47. The molecule has 1 aliphatic carbocycles. The van der Waals surface area contributed by atoms with Crippen molar-refractivity contribution in [1.82, 2.24) is 24.6 Å². The number of carbonyl (C=O) groups is 1. The highest BCUT2D eigenvalue weighted by atomic mass is 19.1. The number of benzene rings is 3. The standard InChI is InChI=1S/C29H24FN5O2/c30-20-13-15-21(16-14-20)35-25-12-6-10-23(25)27(33-35)29(37)34(17-19-7-2-1-3-8-19)18-26-31-24-11-5-4-9-22(24)28(36)32-26/h1-5,7-9,11,13-16H,6,10,12,17-18H2,(H,31,32,36). The fourth-order valence-electron chi connectivity index (χ4n) is 4.95. The summed E-state index contributed by atoms with van der Waals surface area (Å²) in [5.74, 6) is -0.156. The van der Waals surface area contributed by atoms with Crippen molar-refractivity contribution >= 4 is 16.8 Å². The molecule has 0 atom stereocenters. The summed E-state index contributed by atoms with van der Waals surface area (Å²) < 4.78 is 15.3. The van der Waals surface area contributed by atoms with Gasteiger partial charge in [-0.05, 0) is 61.2 Å². The maximum Gasteiger partial charge on any atom is 0.275 e. The zero-order chi connectivity index (χ0) is 25.4. The highest BCUT2D eigenvalue weighted by molar-refractivity contribution is 5.94. The smallest absolute Gasteiger partial charge is 0.275 e. The van der Waals surface area contributed by atoms with Crippen molar-refractivity contribution in [3.63, 3.8) is 0 Å². The van der Waals surface area contributed by atoms with Crippen LogP contribution in [-0.4, -0.2) is 30.6 Å². The molecule has 0 radical (unpaired) electrons. The number of nitrogens with zero attached hydrogens (tertiary/aromatic N) is 4. The highest BCUT2D eigenvalue weighted by Crippen LogP contribution is 2.29. The van der Waals surface area contributed by atoms with E-state index in [4.69, 9.17) is 5.10 Å². The molecular weight excluding hydrogens is 469 g/mol. The molecule has 37 heavy (non-hydrogen) atoms. The van der Waals surface area contributed by atoms with Crippen LogP contribution in [-0.2, 0) is 25.9 Å². The Morgan fingerprint density at radius 1 is 0.946 bits per heavy atom. The lowest BCUT2D eigenvalue weighted by Crippen LogP contribution is -2.32. The summed E-state index contributed by atoms with van der Waals surface area (Å²) in [7, 11) is 0. The molecule has 1 N–H and O–H groups in total. The van der Waals surface area contributed by atoms with E-state index < -0.39 is 0 Å². The maximum atomic E-state index is 14.0. The summed E-state index contributed by atoms with van der Waals surface area (Å²) in [6.45, 7) is 0.445. The summed E-state index contributed by atoms with van der Waals surface area (Å²) in [4.78, 5) is 35.8. The zero-order valence-corrected chi connectivity index (χ0v) is 20.0. The van der Waals surface area contributed by atoms with Gasteiger partial charge < -0.3 is 9.88 Å². The fraction of sp³-hybridized carbons (Fsp3) is 0.172. The van der Waals surface area contributed by atoms with Crippen LogP contribution in [0.4, 0.5) is 4.39 Å². The first-order valence-electron chi connectivity index (χ1n) is 12.2. The molecule has 5 aromatic rings. The fourth-order valence-corrected chi connectivity index (χ4v) is 4.95. The van der Waals surface area contributed by atoms with Crippen LogP contribution < -0.4 is 5.56 Å². The van der Waals surface area contributed by atoms with Gasteiger partial charge in [0.25, 0.3) is 11.5 Å². The van der Waals surface area contributed by atoms with Crippen LogP contribution in [0.3, 0.4) is 0 Å². The van der Waals surface area contributed by atoms with E-state index in [1.54, 1.807) is 39.9 Å². The molecule has 0 spiro atoms. The van der Waals surface area contributed by atoms with Crippen LogP contribution >= 0.6 is 0 Å². The van der Waals surface area contributed by atoms with Crippen LogP contribution in [0.25, 0.3) is 16.6 Å². The number of amides is 1. The Bertz CT molecular complexity index is 1660. The second-order valence-corrected chi connectivity index (χ2v) is 9.19. The first-order chi connectivity index (χ1) is 18.1. The van der Waals surface area contributed by atoms with Gasteiger partial charge in [0.15, 0.2) is 5.69 Å². The third-order valence-corrected chi connectivity index (χ3v) is 6.71. The van der Waals surface area contributed by atoms with Crippen LogP contribution in [0.2, 0.25) is 0 Å². The SMILES string of the molecule is O=C(c1nn(-c2ccc(F)cc2)c2c1CCC2)N(Cc1ccccc1)Cc1nc2ccccc2c(=O)[nH]1. The van der Waals surface area contributed by atoms with Gasteiger partial charge in [-0.25, -0.2) is 14.1 Å². The Labute approximate surface area is 212 Å². The minimum atomic E-state index is -0.324. The van der Waals surface area contributed by atoms with Crippen LogP contribution in [0.5, 0.6) is 0 Å². The van der Waals surface area contributed by atoms with Gasteiger partial charge in [0.1, 0.15) is 11.6 Å². The number of halogens is 1. The predicted molar refractivity (Wildman–Crippen MR) is 138 cm³/mol. The van der Waals surface area contributed by atoms with Crippen molar-refractivity contribution in [2.75, 3.05) is 0 Å². The van der Waals surface area contributed by atoms with E-state index in [-0.39, 0.29) is 23.8 Å². The van der Waals surface area contributed by atoms with Crippen LogP contribution in [0, 0.1) is 5.82 Å². The van der Waals surface area contributed by atoms with E-state index in [2.05, 4.69) is 9.97 Å². The first kappa shape index (κ1) is 22.8. The van der Waals surface area contributed by atoms with E-state index >= 15 is 0 Å². The minimum Gasteiger partial charge on any atom is -0.325 e. The second-order valence-electron chi connectivity index (χ2n) is 9.19. The number of nitrogens with one attached hydrogen (secondary N) is 1. The van der Waals surface area contributed by atoms with Gasteiger partial charge in [-0.15, -0.1) is 0 Å². The third-order valence-electron chi connectivity index (χ3n) is 6.71. The molecule has 2 heterocycles. The first-order valence-corrected chi connectivity index (χ1v) is 12.2. The number of para-hydroxylation sites is 1. The monoisotopic (exact) mass is 493 g/mol. The van der Waals surface area contributed by atoms with Crippen molar-refractivity contribution < 1.29 is 9.18 Å². The van der Waals surface area contributed by atoms with Gasteiger partial charge in [-0.2, -0.15) is 5.10 Å². The van der Waals surface area contributed by atoms with E-state index in [0.29, 0.717) is 34.7 Å². The number of aromatic amines is 1. The molecule has 0 saturated carbocycles. The molecular formula is C29H24FN5O2. The lowest BCUT2D eigenvalue weighted by molar-refractivity contribution is 0.0718. The van der Waals surface area contributed by atoms with E-state index in [1.165, 1.54) is 12.1 Å². The van der Waals surface area contributed by atoms with Crippen LogP contribution in [0.15, 0.2) is 83.7 Å². The molecule has 0 bridgehead atoms. The number of rotatable bonds is 6. The molecule has 3 aromatic carbocycles. The normalized spacial score (nSPS) is 12.6. The number of hydrogen-bond acceptors (Lipinski definition) is 4. The Hall–Kier alpha value is -4.59. The lowest BCUT2D eigenvalue weighted by Gasteiger charge is -2.22. The van der Waals surface area contributed by atoms with Crippen molar-refractivity contribution in [1.29, 1.82) is 0 Å². The number of hydrogen-bond donors (Lipinski definition) is 1.